The zero-order valence-electron chi connectivity index (χ0n) is 10.7. The molecule has 1 saturated carbocycles. The van der Waals surface area contributed by atoms with Gasteiger partial charge in [0.1, 0.15) is 5.82 Å². The summed E-state index contributed by atoms with van der Waals surface area (Å²) in [5.41, 5.74) is 0. The molecule has 3 heteroatoms. The van der Waals surface area contributed by atoms with E-state index < -0.39 is 0 Å². The zero-order valence-corrected chi connectivity index (χ0v) is 10.7. The Morgan fingerprint density at radius 2 is 2.29 bits per heavy atom. The fourth-order valence-corrected chi connectivity index (χ4v) is 3.60. The van der Waals surface area contributed by atoms with Crippen molar-refractivity contribution < 1.29 is 0 Å². The van der Waals surface area contributed by atoms with E-state index in [1.807, 2.05) is 6.20 Å². The third-order valence-corrected chi connectivity index (χ3v) is 4.57. The van der Waals surface area contributed by atoms with Crippen LogP contribution in [0.2, 0.25) is 0 Å². The topological polar surface area (TPSA) is 29.9 Å². The molecule has 0 amide bonds. The van der Waals surface area contributed by atoms with Gasteiger partial charge in [-0.25, -0.2) is 4.98 Å². The second-order valence-corrected chi connectivity index (χ2v) is 5.57. The van der Waals surface area contributed by atoms with Crippen molar-refractivity contribution in [2.45, 2.75) is 64.1 Å². The van der Waals surface area contributed by atoms with Crippen LogP contribution in [-0.2, 0) is 13.0 Å². The van der Waals surface area contributed by atoms with Crippen LogP contribution in [0.4, 0.5) is 0 Å². The standard InChI is InChI=1S/C14H23N3/c1-2-17-9-8-15-14(17)10-12-7-6-11-4-3-5-13(11)16-12/h8-9,11-13,16H,2-7,10H2,1H3. The first kappa shape index (κ1) is 11.3. The molecule has 2 heterocycles. The molecule has 2 fully saturated rings. The fourth-order valence-electron chi connectivity index (χ4n) is 3.60. The van der Waals surface area contributed by atoms with E-state index in [1.165, 1.54) is 37.9 Å². The van der Waals surface area contributed by atoms with Gasteiger partial charge in [0.25, 0.3) is 0 Å². The van der Waals surface area contributed by atoms with Gasteiger partial charge in [-0.15, -0.1) is 0 Å². The Morgan fingerprint density at radius 1 is 1.35 bits per heavy atom. The van der Waals surface area contributed by atoms with Gasteiger partial charge in [-0.1, -0.05) is 6.42 Å². The van der Waals surface area contributed by atoms with Crippen molar-refractivity contribution in [1.82, 2.24) is 14.9 Å². The second-order valence-electron chi connectivity index (χ2n) is 5.57. The molecule has 17 heavy (non-hydrogen) atoms. The maximum atomic E-state index is 4.49. The third kappa shape index (κ3) is 2.25. The van der Waals surface area contributed by atoms with E-state index in [4.69, 9.17) is 0 Å². The molecule has 2 aliphatic rings. The van der Waals surface area contributed by atoms with Crippen molar-refractivity contribution in [2.24, 2.45) is 5.92 Å². The minimum Gasteiger partial charge on any atom is -0.335 e. The summed E-state index contributed by atoms with van der Waals surface area (Å²) < 4.78 is 2.27. The van der Waals surface area contributed by atoms with Crippen LogP contribution in [0.3, 0.4) is 0 Å². The highest BCUT2D eigenvalue weighted by atomic mass is 15.1. The molecular formula is C14H23N3. The summed E-state index contributed by atoms with van der Waals surface area (Å²) in [5.74, 6) is 2.22. The van der Waals surface area contributed by atoms with Crippen LogP contribution in [0.5, 0.6) is 0 Å². The van der Waals surface area contributed by atoms with Crippen LogP contribution < -0.4 is 5.32 Å². The number of aromatic nitrogens is 2. The molecule has 1 aromatic heterocycles. The van der Waals surface area contributed by atoms with Gasteiger partial charge in [0.05, 0.1) is 0 Å². The molecule has 0 radical (unpaired) electrons. The Balaban J connectivity index is 1.62. The van der Waals surface area contributed by atoms with E-state index in [9.17, 15) is 0 Å². The molecule has 3 rings (SSSR count). The summed E-state index contributed by atoms with van der Waals surface area (Å²) in [4.78, 5) is 4.49. The second kappa shape index (κ2) is 4.81. The Bertz CT molecular complexity index is 371. The van der Waals surface area contributed by atoms with Gasteiger partial charge >= 0.3 is 0 Å². The van der Waals surface area contributed by atoms with Crippen molar-refractivity contribution in [2.75, 3.05) is 0 Å². The third-order valence-electron chi connectivity index (χ3n) is 4.57. The molecule has 0 spiro atoms. The van der Waals surface area contributed by atoms with Gasteiger partial charge in [0.2, 0.25) is 0 Å². The Kier molecular flexibility index (Phi) is 3.19. The van der Waals surface area contributed by atoms with Gasteiger partial charge in [-0.2, -0.15) is 0 Å². The van der Waals surface area contributed by atoms with E-state index in [0.717, 1.165) is 24.9 Å². The monoisotopic (exact) mass is 233 g/mol. The fraction of sp³-hybridized carbons (Fsp3) is 0.786. The van der Waals surface area contributed by atoms with Crippen LogP contribution in [0, 0.1) is 5.92 Å². The molecule has 1 aromatic rings. The number of nitrogens with zero attached hydrogens (tertiary/aromatic N) is 2. The maximum Gasteiger partial charge on any atom is 0.110 e. The molecule has 94 valence electrons. The molecule has 1 aliphatic heterocycles. The highest BCUT2D eigenvalue weighted by Gasteiger charge is 2.33. The van der Waals surface area contributed by atoms with Gasteiger partial charge in [-0.05, 0) is 38.5 Å². The Morgan fingerprint density at radius 3 is 3.18 bits per heavy atom. The van der Waals surface area contributed by atoms with Gasteiger partial charge < -0.3 is 9.88 Å². The number of imidazole rings is 1. The summed E-state index contributed by atoms with van der Waals surface area (Å²) in [6.45, 7) is 3.22. The summed E-state index contributed by atoms with van der Waals surface area (Å²) in [7, 11) is 0. The van der Waals surface area contributed by atoms with E-state index >= 15 is 0 Å². The quantitative estimate of drug-likeness (QED) is 0.868. The van der Waals surface area contributed by atoms with Crippen molar-refractivity contribution in [3.8, 4) is 0 Å². The van der Waals surface area contributed by atoms with Gasteiger partial charge in [0, 0.05) is 37.4 Å². The molecular weight excluding hydrogens is 210 g/mol. The summed E-state index contributed by atoms with van der Waals surface area (Å²) >= 11 is 0. The van der Waals surface area contributed by atoms with Crippen LogP contribution in [0.25, 0.3) is 0 Å². The lowest BCUT2D eigenvalue weighted by Crippen LogP contribution is -2.46. The lowest BCUT2D eigenvalue weighted by atomic mass is 9.88. The lowest BCUT2D eigenvalue weighted by molar-refractivity contribution is 0.254. The first-order valence-electron chi connectivity index (χ1n) is 7.13. The number of hydrogen-bond acceptors (Lipinski definition) is 2. The number of fused-ring (bicyclic) bond motifs is 1. The molecule has 3 nitrogen and oxygen atoms in total. The number of aryl methyl sites for hydroxylation is 1. The van der Waals surface area contributed by atoms with E-state index in [1.54, 1.807) is 0 Å². The minimum absolute atomic E-state index is 0.655. The van der Waals surface area contributed by atoms with Crippen LogP contribution >= 0.6 is 0 Å². The predicted molar refractivity (Wildman–Crippen MR) is 68.9 cm³/mol. The van der Waals surface area contributed by atoms with Crippen LogP contribution in [0.15, 0.2) is 12.4 Å². The number of nitrogens with one attached hydrogen (secondary N) is 1. The molecule has 3 atom stereocenters. The maximum absolute atomic E-state index is 4.49. The average Bonchev–Trinajstić information content (AvgIpc) is 2.96. The molecule has 0 aromatic carbocycles. The SMILES string of the molecule is CCn1ccnc1CC1CCC2CCCC2N1. The normalized spacial score (nSPS) is 32.6. The molecule has 1 N–H and O–H groups in total. The molecule has 3 unspecified atom stereocenters. The zero-order chi connectivity index (χ0) is 11.7. The molecule has 0 bridgehead atoms. The van der Waals surface area contributed by atoms with Crippen molar-refractivity contribution in [3.05, 3.63) is 18.2 Å². The number of piperidine rings is 1. The minimum atomic E-state index is 0.655. The molecule has 1 saturated heterocycles. The van der Waals surface area contributed by atoms with Crippen LogP contribution in [0.1, 0.15) is 44.9 Å². The Labute approximate surface area is 104 Å². The van der Waals surface area contributed by atoms with E-state index in [0.29, 0.717) is 6.04 Å². The van der Waals surface area contributed by atoms with E-state index in [-0.39, 0.29) is 0 Å². The largest absolute Gasteiger partial charge is 0.335 e. The number of hydrogen-bond donors (Lipinski definition) is 1. The van der Waals surface area contributed by atoms with Crippen molar-refractivity contribution in [1.29, 1.82) is 0 Å². The summed E-state index contributed by atoms with van der Waals surface area (Å²) in [6.07, 6.45) is 12.2. The van der Waals surface area contributed by atoms with Crippen molar-refractivity contribution >= 4 is 0 Å². The predicted octanol–water partition coefficient (Wildman–Crippen LogP) is 2.37. The smallest absolute Gasteiger partial charge is 0.110 e. The first-order chi connectivity index (χ1) is 8.36. The Hall–Kier alpha value is -0.830. The average molecular weight is 233 g/mol. The first-order valence-corrected chi connectivity index (χ1v) is 7.13. The van der Waals surface area contributed by atoms with Crippen molar-refractivity contribution in [3.63, 3.8) is 0 Å². The lowest BCUT2D eigenvalue weighted by Gasteiger charge is -2.33. The van der Waals surface area contributed by atoms with Crippen LogP contribution in [-0.4, -0.2) is 21.6 Å². The van der Waals surface area contributed by atoms with Gasteiger partial charge in [0.15, 0.2) is 0 Å². The highest BCUT2D eigenvalue weighted by molar-refractivity contribution is 4.99. The summed E-state index contributed by atoms with van der Waals surface area (Å²) in [6, 6.07) is 1.46. The molecule has 1 aliphatic carbocycles. The van der Waals surface area contributed by atoms with E-state index in [2.05, 4.69) is 28.0 Å². The summed E-state index contributed by atoms with van der Waals surface area (Å²) in [5, 5.41) is 3.85. The van der Waals surface area contributed by atoms with Gasteiger partial charge in [-0.3, -0.25) is 0 Å². The number of rotatable bonds is 3. The highest BCUT2D eigenvalue weighted by Crippen LogP contribution is 2.34.